The van der Waals surface area contributed by atoms with Gasteiger partial charge in [0, 0.05) is 25.0 Å². The number of hydrogen-bond acceptors (Lipinski definition) is 3. The molecule has 0 saturated heterocycles. The topological polar surface area (TPSA) is 42.1 Å². The lowest BCUT2D eigenvalue weighted by Crippen LogP contribution is -2.25. The summed E-state index contributed by atoms with van der Waals surface area (Å²) in [5.41, 5.74) is 9.82. The van der Waals surface area contributed by atoms with Crippen LogP contribution in [0, 0.1) is 25.7 Å². The number of aromatic nitrogens is 1. The Bertz CT molecular complexity index is 484. The number of nitrogens with zero attached hydrogens (tertiary/aromatic N) is 2. The van der Waals surface area contributed by atoms with E-state index in [1.165, 1.54) is 6.42 Å². The molecule has 2 atom stereocenters. The zero-order valence-electron chi connectivity index (χ0n) is 11.5. The molecule has 1 aromatic rings. The highest BCUT2D eigenvalue weighted by Gasteiger charge is 2.33. The van der Waals surface area contributed by atoms with Crippen molar-refractivity contribution in [1.29, 1.82) is 0 Å². The lowest BCUT2D eigenvalue weighted by molar-refractivity contribution is 0.724. The van der Waals surface area contributed by atoms with Gasteiger partial charge >= 0.3 is 0 Å². The second kappa shape index (κ2) is 4.84. The van der Waals surface area contributed by atoms with E-state index >= 15 is 0 Å². The normalized spacial score (nSPS) is 21.8. The number of aryl methyl sites for hydroxylation is 2. The summed E-state index contributed by atoms with van der Waals surface area (Å²) in [7, 11) is 2.11. The predicted molar refractivity (Wildman–Crippen MR) is 80.1 cm³/mol. The Morgan fingerprint density at radius 3 is 2.67 bits per heavy atom. The van der Waals surface area contributed by atoms with E-state index in [1.54, 1.807) is 0 Å². The van der Waals surface area contributed by atoms with Crippen molar-refractivity contribution in [2.75, 3.05) is 18.5 Å². The van der Waals surface area contributed by atoms with E-state index in [-0.39, 0.29) is 0 Å². The van der Waals surface area contributed by atoms with Gasteiger partial charge in [-0.3, -0.25) is 4.98 Å². The van der Waals surface area contributed by atoms with Crippen LogP contribution in [0.5, 0.6) is 0 Å². The minimum atomic E-state index is 0.436. The second-order valence-electron chi connectivity index (χ2n) is 5.46. The molecule has 98 valence electrons. The molecule has 1 aliphatic carbocycles. The number of nitrogens with two attached hydrogens (primary N) is 1. The maximum Gasteiger partial charge on any atom is 0.107 e. The molecule has 1 aromatic heterocycles. The molecular weight excluding hydrogens is 242 g/mol. The van der Waals surface area contributed by atoms with Crippen molar-refractivity contribution < 1.29 is 0 Å². The molecule has 0 aliphatic heterocycles. The molecule has 2 N–H and O–H groups in total. The Labute approximate surface area is 114 Å². The van der Waals surface area contributed by atoms with Crippen molar-refractivity contribution in [2.24, 2.45) is 17.6 Å². The van der Waals surface area contributed by atoms with Gasteiger partial charge in [-0.05, 0) is 38.2 Å². The van der Waals surface area contributed by atoms with E-state index in [4.69, 9.17) is 18.0 Å². The van der Waals surface area contributed by atoms with Crippen LogP contribution < -0.4 is 10.6 Å². The quantitative estimate of drug-likeness (QED) is 0.847. The summed E-state index contributed by atoms with van der Waals surface area (Å²) in [6, 6.07) is 2.08. The average Bonchev–Trinajstić information content (AvgIpc) is 2.92. The third-order valence-electron chi connectivity index (χ3n) is 3.75. The first-order valence-corrected chi connectivity index (χ1v) is 6.80. The molecule has 1 saturated carbocycles. The minimum absolute atomic E-state index is 0.436. The predicted octanol–water partition coefficient (Wildman–Crippen LogP) is 2.42. The van der Waals surface area contributed by atoms with Crippen LogP contribution in [0.15, 0.2) is 6.07 Å². The maximum absolute atomic E-state index is 5.84. The van der Waals surface area contributed by atoms with Gasteiger partial charge in [0.1, 0.15) is 4.99 Å². The summed E-state index contributed by atoms with van der Waals surface area (Å²) >= 11 is 5.16. The van der Waals surface area contributed by atoms with Gasteiger partial charge in [-0.25, -0.2) is 0 Å². The number of pyridine rings is 1. The highest BCUT2D eigenvalue weighted by Crippen LogP contribution is 2.39. The lowest BCUT2D eigenvalue weighted by Gasteiger charge is -2.23. The van der Waals surface area contributed by atoms with E-state index < -0.39 is 0 Å². The molecule has 18 heavy (non-hydrogen) atoms. The van der Waals surface area contributed by atoms with E-state index in [9.17, 15) is 0 Å². The summed E-state index contributed by atoms with van der Waals surface area (Å²) in [6.07, 6.45) is 1.33. The van der Waals surface area contributed by atoms with Gasteiger partial charge in [0.15, 0.2) is 0 Å². The Kier molecular flexibility index (Phi) is 3.57. The summed E-state index contributed by atoms with van der Waals surface area (Å²) in [6.45, 7) is 7.35. The SMILES string of the molecule is Cc1cc(N(C)CC2CC2C)c(C(N)=S)c(C)n1. The van der Waals surface area contributed by atoms with Crippen LogP contribution in [-0.2, 0) is 0 Å². The fourth-order valence-corrected chi connectivity index (χ4v) is 2.77. The molecule has 1 fully saturated rings. The Morgan fingerprint density at radius 1 is 1.56 bits per heavy atom. The van der Waals surface area contributed by atoms with Gasteiger partial charge in [0.2, 0.25) is 0 Å². The molecule has 3 nitrogen and oxygen atoms in total. The molecule has 1 aliphatic rings. The van der Waals surface area contributed by atoms with Crippen LogP contribution in [0.3, 0.4) is 0 Å². The van der Waals surface area contributed by atoms with Crippen molar-refractivity contribution in [2.45, 2.75) is 27.2 Å². The molecule has 4 heteroatoms. The fourth-order valence-electron chi connectivity index (χ4n) is 2.52. The van der Waals surface area contributed by atoms with E-state index in [1.807, 2.05) is 13.8 Å². The summed E-state index contributed by atoms with van der Waals surface area (Å²) < 4.78 is 0. The summed E-state index contributed by atoms with van der Waals surface area (Å²) in [4.78, 5) is 7.16. The van der Waals surface area contributed by atoms with Crippen molar-refractivity contribution in [3.8, 4) is 0 Å². The van der Waals surface area contributed by atoms with Gasteiger partial charge in [-0.2, -0.15) is 0 Å². The zero-order valence-corrected chi connectivity index (χ0v) is 12.3. The Morgan fingerprint density at radius 2 is 2.17 bits per heavy atom. The Balaban J connectivity index is 2.32. The molecular formula is C14H21N3S. The van der Waals surface area contributed by atoms with Crippen molar-refractivity contribution in [3.05, 3.63) is 23.0 Å². The summed E-state index contributed by atoms with van der Waals surface area (Å²) in [5.74, 6) is 1.66. The smallest absolute Gasteiger partial charge is 0.107 e. The molecule has 1 heterocycles. The van der Waals surface area contributed by atoms with Crippen molar-refractivity contribution in [3.63, 3.8) is 0 Å². The first kappa shape index (κ1) is 13.3. The molecule has 2 unspecified atom stereocenters. The van der Waals surface area contributed by atoms with E-state index in [2.05, 4.69) is 29.9 Å². The minimum Gasteiger partial charge on any atom is -0.389 e. The van der Waals surface area contributed by atoms with Gasteiger partial charge in [0.25, 0.3) is 0 Å². The first-order chi connectivity index (χ1) is 8.40. The molecule has 2 rings (SSSR count). The van der Waals surface area contributed by atoms with Crippen LogP contribution in [0.2, 0.25) is 0 Å². The standard InChI is InChI=1S/C14H21N3S/c1-8-5-11(8)7-17(4)12-6-9(2)16-10(3)13(12)14(15)18/h6,8,11H,5,7H2,1-4H3,(H2,15,18). The third-order valence-corrected chi connectivity index (χ3v) is 3.95. The van der Waals surface area contributed by atoms with Crippen LogP contribution in [0.1, 0.15) is 30.3 Å². The van der Waals surface area contributed by atoms with Crippen LogP contribution in [0.4, 0.5) is 5.69 Å². The van der Waals surface area contributed by atoms with Crippen LogP contribution >= 0.6 is 12.2 Å². The first-order valence-electron chi connectivity index (χ1n) is 6.39. The number of thiocarbonyl (C=S) groups is 1. The second-order valence-corrected chi connectivity index (χ2v) is 5.90. The largest absolute Gasteiger partial charge is 0.389 e. The third kappa shape index (κ3) is 2.64. The fraction of sp³-hybridized carbons (Fsp3) is 0.571. The van der Waals surface area contributed by atoms with Crippen LogP contribution in [-0.4, -0.2) is 23.6 Å². The zero-order chi connectivity index (χ0) is 13.4. The monoisotopic (exact) mass is 263 g/mol. The lowest BCUT2D eigenvalue weighted by atomic mass is 10.1. The maximum atomic E-state index is 5.84. The molecule has 0 aromatic carbocycles. The highest BCUT2D eigenvalue weighted by molar-refractivity contribution is 7.80. The average molecular weight is 263 g/mol. The highest BCUT2D eigenvalue weighted by atomic mass is 32.1. The van der Waals surface area contributed by atoms with Gasteiger partial charge in [0.05, 0.1) is 11.3 Å². The van der Waals surface area contributed by atoms with Crippen molar-refractivity contribution in [1.82, 2.24) is 4.98 Å². The van der Waals surface area contributed by atoms with Gasteiger partial charge in [-0.15, -0.1) is 0 Å². The number of hydrogen-bond donors (Lipinski definition) is 1. The van der Waals surface area contributed by atoms with Gasteiger partial charge < -0.3 is 10.6 Å². The van der Waals surface area contributed by atoms with Crippen LogP contribution in [0.25, 0.3) is 0 Å². The van der Waals surface area contributed by atoms with E-state index in [0.717, 1.165) is 41.0 Å². The van der Waals surface area contributed by atoms with E-state index in [0.29, 0.717) is 4.99 Å². The molecule has 0 bridgehead atoms. The number of rotatable bonds is 4. The van der Waals surface area contributed by atoms with Crippen molar-refractivity contribution >= 4 is 22.9 Å². The molecule has 0 amide bonds. The van der Waals surface area contributed by atoms with Gasteiger partial charge in [-0.1, -0.05) is 19.1 Å². The molecule has 0 spiro atoms. The molecule has 0 radical (unpaired) electrons. The number of anilines is 1. The summed E-state index contributed by atoms with van der Waals surface area (Å²) in [5, 5.41) is 0. The Hall–Kier alpha value is -1.16.